The summed E-state index contributed by atoms with van der Waals surface area (Å²) in [7, 11) is 0. The number of hydrogen-bond donors (Lipinski definition) is 2. The molecule has 0 unspecified atom stereocenters. The summed E-state index contributed by atoms with van der Waals surface area (Å²) in [6.45, 7) is 0. The van der Waals surface area contributed by atoms with Crippen LogP contribution in [0.4, 0.5) is 10.1 Å². The van der Waals surface area contributed by atoms with E-state index in [1.807, 2.05) is 6.07 Å². The zero-order valence-corrected chi connectivity index (χ0v) is 10.9. The number of rotatable bonds is 2. The van der Waals surface area contributed by atoms with Crippen LogP contribution < -0.4 is 5.73 Å². The minimum Gasteiger partial charge on any atom is -0.399 e. The van der Waals surface area contributed by atoms with Gasteiger partial charge in [0.1, 0.15) is 5.82 Å². The Morgan fingerprint density at radius 1 is 1.24 bits per heavy atom. The molecule has 0 aliphatic carbocycles. The molecular formula is C16H10FN3O. The number of nitrogens with one attached hydrogen (secondary N) is 1. The van der Waals surface area contributed by atoms with Crippen molar-refractivity contribution in [1.82, 2.24) is 4.98 Å². The Morgan fingerprint density at radius 2 is 2.05 bits per heavy atom. The molecule has 21 heavy (non-hydrogen) atoms. The molecule has 3 N–H and O–H groups in total. The summed E-state index contributed by atoms with van der Waals surface area (Å²) in [5.74, 6) is -0.904. The van der Waals surface area contributed by atoms with Crippen molar-refractivity contribution in [2.24, 2.45) is 0 Å². The Kier molecular flexibility index (Phi) is 2.92. The lowest BCUT2D eigenvalue weighted by atomic mass is 10.0. The molecule has 3 rings (SSSR count). The van der Waals surface area contributed by atoms with Gasteiger partial charge in [0.05, 0.1) is 11.6 Å². The number of nitrogens with zero attached hydrogens (tertiary/aromatic N) is 1. The van der Waals surface area contributed by atoms with E-state index in [0.717, 1.165) is 17.6 Å². The fourth-order valence-corrected chi connectivity index (χ4v) is 2.28. The van der Waals surface area contributed by atoms with Gasteiger partial charge in [0.2, 0.25) is 0 Å². The van der Waals surface area contributed by atoms with Gasteiger partial charge < -0.3 is 10.7 Å². The molecule has 3 aromatic rings. The van der Waals surface area contributed by atoms with Crippen LogP contribution in [-0.2, 0) is 0 Å². The van der Waals surface area contributed by atoms with E-state index < -0.39 is 5.82 Å². The molecule has 1 aromatic heterocycles. The molecule has 0 spiro atoms. The minimum atomic E-state index is -0.559. The molecule has 0 aliphatic heterocycles. The Balaban J connectivity index is 2.15. The van der Waals surface area contributed by atoms with Gasteiger partial charge in [-0.15, -0.1) is 0 Å². The number of carbonyl (C=O) groups is 1. The lowest BCUT2D eigenvalue weighted by Crippen LogP contribution is -2.02. The highest BCUT2D eigenvalue weighted by molar-refractivity contribution is 6.16. The molecule has 0 radical (unpaired) electrons. The number of nitriles is 1. The molecule has 4 nitrogen and oxygen atoms in total. The molecular weight excluding hydrogens is 269 g/mol. The van der Waals surface area contributed by atoms with Crippen LogP contribution in [0.5, 0.6) is 0 Å². The number of hydrogen-bond acceptors (Lipinski definition) is 3. The molecule has 5 heteroatoms. The smallest absolute Gasteiger partial charge is 0.195 e. The first-order valence-electron chi connectivity index (χ1n) is 6.20. The van der Waals surface area contributed by atoms with Crippen molar-refractivity contribution in [2.45, 2.75) is 0 Å². The topological polar surface area (TPSA) is 82.7 Å². The van der Waals surface area contributed by atoms with Crippen molar-refractivity contribution in [1.29, 1.82) is 5.26 Å². The number of nitrogen functional groups attached to an aromatic ring is 1. The molecule has 1 heterocycles. The van der Waals surface area contributed by atoms with Gasteiger partial charge >= 0.3 is 0 Å². The van der Waals surface area contributed by atoms with E-state index in [9.17, 15) is 9.18 Å². The predicted molar refractivity (Wildman–Crippen MR) is 77.3 cm³/mol. The molecule has 2 aromatic carbocycles. The number of carbonyl (C=O) groups excluding carboxylic acids is 1. The number of nitrogens with two attached hydrogens (primary N) is 1. The zero-order chi connectivity index (χ0) is 15.0. The average molecular weight is 279 g/mol. The first-order valence-corrected chi connectivity index (χ1v) is 6.20. The second-order valence-electron chi connectivity index (χ2n) is 4.68. The number of aromatic amines is 1. The summed E-state index contributed by atoms with van der Waals surface area (Å²) in [5.41, 5.74) is 7.51. The van der Waals surface area contributed by atoms with Crippen LogP contribution in [0, 0.1) is 17.1 Å². The highest BCUT2D eigenvalue weighted by atomic mass is 19.1. The maximum atomic E-state index is 13.4. The van der Waals surface area contributed by atoms with Gasteiger partial charge in [0.15, 0.2) is 5.78 Å². The van der Waals surface area contributed by atoms with E-state index in [2.05, 4.69) is 4.98 Å². The highest BCUT2D eigenvalue weighted by Crippen LogP contribution is 2.23. The van der Waals surface area contributed by atoms with Crippen LogP contribution in [0.3, 0.4) is 0 Å². The van der Waals surface area contributed by atoms with Gasteiger partial charge in [0.25, 0.3) is 0 Å². The van der Waals surface area contributed by atoms with E-state index in [4.69, 9.17) is 11.0 Å². The molecule has 0 atom stereocenters. The van der Waals surface area contributed by atoms with Crippen LogP contribution in [0.1, 0.15) is 21.5 Å². The van der Waals surface area contributed by atoms with Crippen LogP contribution in [0.2, 0.25) is 0 Å². The predicted octanol–water partition coefficient (Wildman–Crippen LogP) is 2.99. The van der Waals surface area contributed by atoms with Crippen molar-refractivity contribution in [3.8, 4) is 6.07 Å². The SMILES string of the molecule is N#Cc1ccc2[nH]cc(C(=O)c3cc(N)cc(F)c3)c2c1. The number of fused-ring (bicyclic) bond motifs is 1. The molecule has 0 aliphatic rings. The Hall–Kier alpha value is -3.13. The second-order valence-corrected chi connectivity index (χ2v) is 4.68. The monoisotopic (exact) mass is 279 g/mol. The number of benzene rings is 2. The van der Waals surface area contributed by atoms with Crippen molar-refractivity contribution in [3.63, 3.8) is 0 Å². The Labute approximate surface area is 119 Å². The lowest BCUT2D eigenvalue weighted by Gasteiger charge is -2.02. The van der Waals surface area contributed by atoms with Gasteiger partial charge in [0, 0.05) is 33.9 Å². The molecule has 0 saturated carbocycles. The maximum absolute atomic E-state index is 13.4. The van der Waals surface area contributed by atoms with Crippen molar-refractivity contribution < 1.29 is 9.18 Å². The van der Waals surface area contributed by atoms with Gasteiger partial charge in [-0.05, 0) is 36.4 Å². The summed E-state index contributed by atoms with van der Waals surface area (Å²) in [6, 6.07) is 10.8. The number of halogens is 1. The standard InChI is InChI=1S/C16H10FN3O/c17-11-4-10(5-12(19)6-11)16(21)14-8-20-15-2-1-9(7-18)3-13(14)15/h1-6,8,20H,19H2. The van der Waals surface area contributed by atoms with Crippen molar-refractivity contribution >= 4 is 22.4 Å². The third-order valence-electron chi connectivity index (χ3n) is 3.24. The quantitative estimate of drug-likeness (QED) is 0.558. The summed E-state index contributed by atoms with van der Waals surface area (Å²) in [5, 5.41) is 9.57. The third kappa shape index (κ3) is 2.23. The lowest BCUT2D eigenvalue weighted by molar-refractivity contribution is 0.104. The Bertz CT molecular complexity index is 885. The van der Waals surface area contributed by atoms with Crippen molar-refractivity contribution in [3.05, 3.63) is 65.1 Å². The van der Waals surface area contributed by atoms with E-state index in [0.29, 0.717) is 16.5 Å². The number of H-pyrrole nitrogens is 1. The van der Waals surface area contributed by atoms with Crippen LogP contribution in [0.25, 0.3) is 10.9 Å². The van der Waals surface area contributed by atoms with Gasteiger partial charge in [-0.2, -0.15) is 5.26 Å². The first-order chi connectivity index (χ1) is 10.1. The molecule has 0 amide bonds. The van der Waals surface area contributed by atoms with Crippen molar-refractivity contribution in [2.75, 3.05) is 5.73 Å². The Morgan fingerprint density at radius 3 is 2.76 bits per heavy atom. The molecule has 0 bridgehead atoms. The third-order valence-corrected chi connectivity index (χ3v) is 3.24. The first kappa shape index (κ1) is 12.9. The fourth-order valence-electron chi connectivity index (χ4n) is 2.28. The summed E-state index contributed by atoms with van der Waals surface area (Å²) in [4.78, 5) is 15.5. The second kappa shape index (κ2) is 4.76. The highest BCUT2D eigenvalue weighted by Gasteiger charge is 2.15. The molecule has 0 saturated heterocycles. The summed E-state index contributed by atoms with van der Waals surface area (Å²) >= 11 is 0. The number of anilines is 1. The van der Waals surface area contributed by atoms with Crippen LogP contribution >= 0.6 is 0 Å². The van der Waals surface area contributed by atoms with Gasteiger partial charge in [-0.1, -0.05) is 0 Å². The van der Waals surface area contributed by atoms with Gasteiger partial charge in [-0.3, -0.25) is 4.79 Å². The number of aromatic nitrogens is 1. The average Bonchev–Trinajstić information content (AvgIpc) is 2.88. The largest absolute Gasteiger partial charge is 0.399 e. The van der Waals surface area contributed by atoms with E-state index >= 15 is 0 Å². The summed E-state index contributed by atoms with van der Waals surface area (Å²) < 4.78 is 13.4. The van der Waals surface area contributed by atoms with Crippen LogP contribution in [0.15, 0.2) is 42.6 Å². The molecule has 0 fully saturated rings. The fraction of sp³-hybridized carbons (Fsp3) is 0. The maximum Gasteiger partial charge on any atom is 0.195 e. The van der Waals surface area contributed by atoms with E-state index in [-0.39, 0.29) is 17.0 Å². The summed E-state index contributed by atoms with van der Waals surface area (Å²) in [6.07, 6.45) is 1.55. The van der Waals surface area contributed by atoms with Crippen LogP contribution in [-0.4, -0.2) is 10.8 Å². The van der Waals surface area contributed by atoms with Gasteiger partial charge in [-0.25, -0.2) is 4.39 Å². The minimum absolute atomic E-state index is 0.177. The molecule has 102 valence electrons. The zero-order valence-electron chi connectivity index (χ0n) is 10.9. The van der Waals surface area contributed by atoms with E-state index in [1.165, 1.54) is 6.07 Å². The van der Waals surface area contributed by atoms with E-state index in [1.54, 1.807) is 24.4 Å². The number of ketones is 1. The normalized spacial score (nSPS) is 10.5.